The zero-order valence-electron chi connectivity index (χ0n) is 16.9. The molecule has 0 aliphatic rings. The molecule has 2 aromatic heterocycles. The fraction of sp³-hybridized carbons (Fsp3) is 0.300. The summed E-state index contributed by atoms with van der Waals surface area (Å²) in [6.45, 7) is 3.80. The second kappa shape index (κ2) is 9.43. The van der Waals surface area contributed by atoms with Crippen LogP contribution in [-0.4, -0.2) is 43.4 Å². The maximum absolute atomic E-state index is 12.5. The summed E-state index contributed by atoms with van der Waals surface area (Å²) >= 11 is 6.07. The number of H-pyrrole nitrogens is 1. The summed E-state index contributed by atoms with van der Waals surface area (Å²) in [6, 6.07) is 5.90. The highest BCUT2D eigenvalue weighted by atomic mass is 35.5. The number of anilines is 1. The first-order chi connectivity index (χ1) is 15.0. The van der Waals surface area contributed by atoms with Crippen LogP contribution >= 0.6 is 11.6 Å². The number of alkyl halides is 3. The van der Waals surface area contributed by atoms with E-state index < -0.39 is 18.4 Å². The number of carboxylic acids is 1. The van der Waals surface area contributed by atoms with Crippen molar-refractivity contribution in [1.29, 1.82) is 0 Å². The number of aromatic amines is 1. The molecule has 170 valence electrons. The average Bonchev–Trinajstić information content (AvgIpc) is 3.16. The van der Waals surface area contributed by atoms with Gasteiger partial charge < -0.3 is 20.1 Å². The number of ether oxygens (including phenoxy) is 1. The topological polar surface area (TPSA) is 113 Å². The van der Waals surface area contributed by atoms with Crippen LogP contribution in [0.1, 0.15) is 20.3 Å². The van der Waals surface area contributed by atoms with Crippen LogP contribution in [0.15, 0.2) is 36.5 Å². The summed E-state index contributed by atoms with van der Waals surface area (Å²) in [4.78, 5) is 27.0. The molecule has 0 amide bonds. The van der Waals surface area contributed by atoms with Gasteiger partial charge >= 0.3 is 12.3 Å². The zero-order valence-corrected chi connectivity index (χ0v) is 17.7. The molecule has 1 aromatic carbocycles. The molecule has 1 atom stereocenters. The van der Waals surface area contributed by atoms with Gasteiger partial charge in [0.15, 0.2) is 11.6 Å². The molecule has 0 spiro atoms. The fourth-order valence-corrected chi connectivity index (χ4v) is 3.09. The molecule has 0 fully saturated rings. The van der Waals surface area contributed by atoms with Gasteiger partial charge in [-0.3, -0.25) is 0 Å². The molecule has 0 radical (unpaired) electrons. The van der Waals surface area contributed by atoms with Crippen LogP contribution in [0.5, 0.6) is 5.75 Å². The maximum atomic E-state index is 12.5. The molecule has 0 saturated carbocycles. The molecule has 8 nitrogen and oxygen atoms in total. The number of rotatable bonds is 8. The van der Waals surface area contributed by atoms with Crippen molar-refractivity contribution in [3.8, 4) is 28.7 Å². The number of nitrogens with one attached hydrogen (secondary N) is 2. The van der Waals surface area contributed by atoms with Gasteiger partial charge in [0, 0.05) is 11.6 Å². The second-order valence-corrected chi connectivity index (χ2v) is 7.67. The fourth-order valence-electron chi connectivity index (χ4n) is 2.91. The Morgan fingerprint density at radius 1 is 1.28 bits per heavy atom. The van der Waals surface area contributed by atoms with Gasteiger partial charge in [0.2, 0.25) is 0 Å². The quantitative estimate of drug-likeness (QED) is 0.398. The third-order valence-electron chi connectivity index (χ3n) is 4.19. The highest BCUT2D eigenvalue weighted by Gasteiger charge is 2.31. The average molecular weight is 470 g/mol. The molecule has 0 saturated heterocycles. The standard InChI is InChI=1S/C20H19ClF3N5O3/c1-10(2)6-13(19(30)31)26-16-8-15(21)28-18(29-16)17-25-9-14(27-17)11-4-3-5-12(7-11)32-20(22,23)24/h3-5,7-10,13H,6H2,1-2H3,(H,25,27)(H,30,31)(H,26,28,29). The number of halogens is 4. The van der Waals surface area contributed by atoms with Gasteiger partial charge in [-0.1, -0.05) is 37.6 Å². The van der Waals surface area contributed by atoms with E-state index in [9.17, 15) is 23.1 Å². The Labute approximate surface area is 185 Å². The van der Waals surface area contributed by atoms with Gasteiger partial charge in [-0.05, 0) is 24.5 Å². The minimum atomic E-state index is -4.81. The van der Waals surface area contributed by atoms with Gasteiger partial charge in [-0.2, -0.15) is 0 Å². The van der Waals surface area contributed by atoms with Crippen LogP contribution in [0.4, 0.5) is 19.0 Å². The van der Waals surface area contributed by atoms with Crippen LogP contribution in [0.2, 0.25) is 5.15 Å². The Hall–Kier alpha value is -3.34. The Bertz CT molecular complexity index is 1100. The molecule has 0 aliphatic heterocycles. The van der Waals surface area contributed by atoms with Gasteiger partial charge in [-0.25, -0.2) is 19.7 Å². The van der Waals surface area contributed by atoms with E-state index in [1.54, 1.807) is 6.07 Å². The molecule has 0 aliphatic carbocycles. The molecule has 2 heterocycles. The molecule has 3 rings (SSSR count). The van der Waals surface area contributed by atoms with Crippen LogP contribution in [0.25, 0.3) is 22.9 Å². The summed E-state index contributed by atoms with van der Waals surface area (Å²) in [7, 11) is 0. The van der Waals surface area contributed by atoms with Crippen molar-refractivity contribution in [2.24, 2.45) is 5.92 Å². The van der Waals surface area contributed by atoms with E-state index >= 15 is 0 Å². The van der Waals surface area contributed by atoms with E-state index in [1.807, 2.05) is 13.8 Å². The minimum absolute atomic E-state index is 0.0599. The number of hydrogen-bond donors (Lipinski definition) is 3. The number of hydrogen-bond acceptors (Lipinski definition) is 6. The lowest BCUT2D eigenvalue weighted by molar-refractivity contribution is -0.274. The third kappa shape index (κ3) is 6.33. The molecular formula is C20H19ClF3N5O3. The predicted molar refractivity (Wildman–Crippen MR) is 111 cm³/mol. The summed E-state index contributed by atoms with van der Waals surface area (Å²) in [5, 5.41) is 12.3. The van der Waals surface area contributed by atoms with Crippen molar-refractivity contribution in [3.63, 3.8) is 0 Å². The lowest BCUT2D eigenvalue weighted by Crippen LogP contribution is -2.31. The van der Waals surface area contributed by atoms with E-state index in [1.165, 1.54) is 30.5 Å². The summed E-state index contributed by atoms with van der Waals surface area (Å²) in [5.41, 5.74) is 0.794. The Morgan fingerprint density at radius 2 is 2.03 bits per heavy atom. The smallest absolute Gasteiger partial charge is 0.480 e. The molecule has 12 heteroatoms. The first kappa shape index (κ1) is 23.3. The van der Waals surface area contributed by atoms with Crippen molar-refractivity contribution < 1.29 is 27.8 Å². The monoisotopic (exact) mass is 469 g/mol. The van der Waals surface area contributed by atoms with Crippen LogP contribution in [-0.2, 0) is 4.79 Å². The number of aliphatic carboxylic acids is 1. The van der Waals surface area contributed by atoms with Gasteiger partial charge in [-0.15, -0.1) is 13.2 Å². The Balaban J connectivity index is 1.86. The molecule has 3 N–H and O–H groups in total. The van der Waals surface area contributed by atoms with E-state index in [-0.39, 0.29) is 34.3 Å². The van der Waals surface area contributed by atoms with Crippen molar-refractivity contribution in [2.75, 3.05) is 5.32 Å². The molecule has 1 unspecified atom stereocenters. The Kier molecular flexibility index (Phi) is 6.87. The SMILES string of the molecule is CC(C)CC(Nc1cc(Cl)nc(-c2ncc(-c3cccc(OC(F)(F)F)c3)[nH]2)n1)C(=O)O. The predicted octanol–water partition coefficient (Wildman–Crippen LogP) is 5.00. The van der Waals surface area contributed by atoms with E-state index in [0.29, 0.717) is 17.7 Å². The first-order valence-corrected chi connectivity index (χ1v) is 9.83. The van der Waals surface area contributed by atoms with E-state index in [4.69, 9.17) is 11.6 Å². The van der Waals surface area contributed by atoms with Crippen molar-refractivity contribution >= 4 is 23.4 Å². The van der Waals surface area contributed by atoms with Gasteiger partial charge in [0.1, 0.15) is 22.8 Å². The van der Waals surface area contributed by atoms with Gasteiger partial charge in [0.25, 0.3) is 0 Å². The number of nitrogens with zero attached hydrogens (tertiary/aromatic N) is 3. The molecule has 3 aromatic rings. The number of carboxylic acid groups (broad SMARTS) is 1. The second-order valence-electron chi connectivity index (χ2n) is 7.29. The normalized spacial score (nSPS) is 12.6. The summed E-state index contributed by atoms with van der Waals surface area (Å²) in [5.74, 6) is -0.791. The summed E-state index contributed by atoms with van der Waals surface area (Å²) in [6.07, 6.45) is -3.04. The number of aromatic nitrogens is 4. The lowest BCUT2D eigenvalue weighted by atomic mass is 10.0. The highest BCUT2D eigenvalue weighted by Crippen LogP contribution is 2.28. The lowest BCUT2D eigenvalue weighted by Gasteiger charge is -2.17. The van der Waals surface area contributed by atoms with E-state index in [0.717, 1.165) is 0 Å². The zero-order chi connectivity index (χ0) is 23.5. The number of imidazole rings is 1. The first-order valence-electron chi connectivity index (χ1n) is 9.45. The van der Waals surface area contributed by atoms with Crippen LogP contribution in [0.3, 0.4) is 0 Å². The van der Waals surface area contributed by atoms with E-state index in [2.05, 4.69) is 30.0 Å². The number of benzene rings is 1. The maximum Gasteiger partial charge on any atom is 0.573 e. The largest absolute Gasteiger partial charge is 0.573 e. The van der Waals surface area contributed by atoms with Crippen LogP contribution < -0.4 is 10.1 Å². The minimum Gasteiger partial charge on any atom is -0.480 e. The van der Waals surface area contributed by atoms with Crippen LogP contribution in [0, 0.1) is 5.92 Å². The van der Waals surface area contributed by atoms with Crippen molar-refractivity contribution in [3.05, 3.63) is 41.7 Å². The van der Waals surface area contributed by atoms with Crippen molar-refractivity contribution in [1.82, 2.24) is 19.9 Å². The van der Waals surface area contributed by atoms with Crippen molar-refractivity contribution in [2.45, 2.75) is 32.7 Å². The van der Waals surface area contributed by atoms with Gasteiger partial charge in [0.05, 0.1) is 11.9 Å². The highest BCUT2D eigenvalue weighted by molar-refractivity contribution is 6.29. The molecule has 32 heavy (non-hydrogen) atoms. The molecular weight excluding hydrogens is 451 g/mol. The third-order valence-corrected chi connectivity index (χ3v) is 4.38. The summed E-state index contributed by atoms with van der Waals surface area (Å²) < 4.78 is 41.4. The molecule has 0 bridgehead atoms. The Morgan fingerprint density at radius 3 is 2.69 bits per heavy atom. The number of carbonyl (C=O) groups is 1.